The van der Waals surface area contributed by atoms with Gasteiger partial charge in [-0.3, -0.25) is 0 Å². The molecule has 0 amide bonds. The van der Waals surface area contributed by atoms with Crippen LogP contribution < -0.4 is 5.32 Å². The number of likely N-dealkylation sites (N-methyl/N-ethyl adjacent to an activating group) is 1. The first-order chi connectivity index (χ1) is 7.09. The van der Waals surface area contributed by atoms with Gasteiger partial charge in [0, 0.05) is 25.0 Å². The first-order valence-electron chi connectivity index (χ1n) is 4.62. The van der Waals surface area contributed by atoms with Gasteiger partial charge >= 0.3 is 5.97 Å². The molecule has 0 radical (unpaired) electrons. The van der Waals surface area contributed by atoms with E-state index in [2.05, 4.69) is 15.2 Å². The number of carboxylic acids is 1. The number of aromatic nitrogens is 1. The molecule has 0 aliphatic heterocycles. The fourth-order valence-electron chi connectivity index (χ4n) is 1.01. The normalized spacial score (nSPS) is 10.9. The molecule has 1 heterocycles. The van der Waals surface area contributed by atoms with Crippen molar-refractivity contribution in [1.29, 1.82) is 0 Å². The molecular weight excluding hydrogens is 214 g/mol. The Morgan fingerprint density at radius 2 is 2.40 bits per heavy atom. The van der Waals surface area contributed by atoms with Gasteiger partial charge < -0.3 is 15.3 Å². The van der Waals surface area contributed by atoms with Crippen LogP contribution in [0.4, 0.5) is 0 Å². The van der Waals surface area contributed by atoms with E-state index in [0.29, 0.717) is 6.54 Å². The van der Waals surface area contributed by atoms with Crippen LogP contribution >= 0.6 is 11.3 Å². The summed E-state index contributed by atoms with van der Waals surface area (Å²) in [6.45, 7) is 2.44. The van der Waals surface area contributed by atoms with Crippen molar-refractivity contribution >= 4 is 17.3 Å². The fraction of sp³-hybridized carbons (Fsp3) is 0.556. The molecule has 84 valence electrons. The second-order valence-electron chi connectivity index (χ2n) is 3.43. The molecule has 6 heteroatoms. The largest absolute Gasteiger partial charge is 0.476 e. The zero-order chi connectivity index (χ0) is 11.3. The molecule has 1 rings (SSSR count). The first kappa shape index (κ1) is 12.1. The average molecular weight is 229 g/mol. The Bertz CT molecular complexity index is 325. The minimum atomic E-state index is -0.959. The molecule has 0 aliphatic rings. The van der Waals surface area contributed by atoms with Crippen LogP contribution in [-0.4, -0.2) is 48.1 Å². The Morgan fingerprint density at radius 1 is 1.67 bits per heavy atom. The highest BCUT2D eigenvalue weighted by Gasteiger charge is 2.07. The van der Waals surface area contributed by atoms with Crippen molar-refractivity contribution in [3.8, 4) is 0 Å². The lowest BCUT2D eigenvalue weighted by Crippen LogP contribution is -2.26. The number of nitrogens with zero attached hydrogens (tertiary/aromatic N) is 2. The number of carbonyl (C=O) groups is 1. The number of nitrogens with one attached hydrogen (secondary N) is 1. The summed E-state index contributed by atoms with van der Waals surface area (Å²) in [7, 11) is 4.01. The number of thiazole rings is 1. The van der Waals surface area contributed by atoms with Crippen LogP contribution in [0.15, 0.2) is 5.38 Å². The Labute approximate surface area is 92.7 Å². The molecule has 0 aromatic carbocycles. The predicted molar refractivity (Wildman–Crippen MR) is 59.3 cm³/mol. The number of hydrogen-bond donors (Lipinski definition) is 2. The quantitative estimate of drug-likeness (QED) is 0.695. The molecule has 2 N–H and O–H groups in total. The highest BCUT2D eigenvalue weighted by molar-refractivity contribution is 7.11. The summed E-state index contributed by atoms with van der Waals surface area (Å²) in [4.78, 5) is 16.6. The van der Waals surface area contributed by atoms with E-state index in [9.17, 15) is 4.79 Å². The molecule has 15 heavy (non-hydrogen) atoms. The van der Waals surface area contributed by atoms with Crippen molar-refractivity contribution in [2.75, 3.05) is 27.2 Å². The van der Waals surface area contributed by atoms with Crippen LogP contribution in [0.5, 0.6) is 0 Å². The van der Waals surface area contributed by atoms with E-state index >= 15 is 0 Å². The van der Waals surface area contributed by atoms with Crippen LogP contribution in [-0.2, 0) is 6.54 Å². The summed E-state index contributed by atoms with van der Waals surface area (Å²) in [5, 5.41) is 13.8. The van der Waals surface area contributed by atoms with Gasteiger partial charge in [-0.1, -0.05) is 0 Å². The van der Waals surface area contributed by atoms with Gasteiger partial charge in [0.05, 0.1) is 5.69 Å². The summed E-state index contributed by atoms with van der Waals surface area (Å²) in [6, 6.07) is 0. The summed E-state index contributed by atoms with van der Waals surface area (Å²) >= 11 is 1.16. The zero-order valence-corrected chi connectivity index (χ0v) is 9.67. The standard InChI is InChI=1S/C9H15N3O2S/c1-12(2)4-3-10-5-7-6-15-8(11-7)9(13)14/h6,10H,3-5H2,1-2H3,(H,13,14). The molecule has 0 bridgehead atoms. The molecule has 0 fully saturated rings. The lowest BCUT2D eigenvalue weighted by molar-refractivity contribution is 0.0696. The molecule has 0 saturated carbocycles. The van der Waals surface area contributed by atoms with Gasteiger partial charge in [0.1, 0.15) is 0 Å². The zero-order valence-electron chi connectivity index (χ0n) is 8.86. The molecule has 5 nitrogen and oxygen atoms in total. The lowest BCUT2D eigenvalue weighted by atomic mass is 10.4. The predicted octanol–water partition coefficient (Wildman–Crippen LogP) is 0.492. The van der Waals surface area contributed by atoms with Crippen LogP contribution in [0, 0.1) is 0 Å². The van der Waals surface area contributed by atoms with E-state index in [1.165, 1.54) is 0 Å². The molecule has 0 unspecified atom stereocenters. The minimum Gasteiger partial charge on any atom is -0.476 e. The summed E-state index contributed by atoms with van der Waals surface area (Å²) in [6.07, 6.45) is 0. The summed E-state index contributed by atoms with van der Waals surface area (Å²) < 4.78 is 0. The van der Waals surface area contributed by atoms with Crippen molar-refractivity contribution in [3.63, 3.8) is 0 Å². The summed E-state index contributed by atoms with van der Waals surface area (Å²) in [5.41, 5.74) is 0.788. The Kier molecular flexibility index (Phi) is 4.67. The van der Waals surface area contributed by atoms with E-state index in [-0.39, 0.29) is 5.01 Å². The molecule has 1 aromatic rings. The highest BCUT2D eigenvalue weighted by atomic mass is 32.1. The molecule has 0 atom stereocenters. The molecule has 0 saturated heterocycles. The van der Waals surface area contributed by atoms with Gasteiger partial charge in [0.2, 0.25) is 5.01 Å². The van der Waals surface area contributed by atoms with Crippen molar-refractivity contribution in [2.24, 2.45) is 0 Å². The van der Waals surface area contributed by atoms with E-state index in [4.69, 9.17) is 5.11 Å². The molecule has 0 aliphatic carbocycles. The second-order valence-corrected chi connectivity index (χ2v) is 4.29. The fourth-order valence-corrected chi connectivity index (χ4v) is 1.66. The van der Waals surface area contributed by atoms with Gasteiger partial charge in [-0.2, -0.15) is 0 Å². The maximum atomic E-state index is 10.6. The van der Waals surface area contributed by atoms with E-state index < -0.39 is 5.97 Å². The first-order valence-corrected chi connectivity index (χ1v) is 5.50. The van der Waals surface area contributed by atoms with Crippen LogP contribution in [0.2, 0.25) is 0 Å². The number of hydrogen-bond acceptors (Lipinski definition) is 5. The van der Waals surface area contributed by atoms with Gasteiger partial charge in [0.25, 0.3) is 0 Å². The Hall–Kier alpha value is -0.980. The SMILES string of the molecule is CN(C)CCNCc1csc(C(=O)O)n1. The topological polar surface area (TPSA) is 65.5 Å². The highest BCUT2D eigenvalue weighted by Crippen LogP contribution is 2.08. The van der Waals surface area contributed by atoms with Crippen LogP contribution in [0.25, 0.3) is 0 Å². The van der Waals surface area contributed by atoms with E-state index in [1.54, 1.807) is 5.38 Å². The minimum absolute atomic E-state index is 0.152. The molecule has 0 spiro atoms. The number of rotatable bonds is 6. The molecule has 1 aromatic heterocycles. The third-order valence-electron chi connectivity index (χ3n) is 1.78. The van der Waals surface area contributed by atoms with E-state index in [1.807, 2.05) is 14.1 Å². The van der Waals surface area contributed by atoms with Crippen molar-refractivity contribution in [2.45, 2.75) is 6.54 Å². The maximum absolute atomic E-state index is 10.6. The monoisotopic (exact) mass is 229 g/mol. The summed E-state index contributed by atoms with van der Waals surface area (Å²) in [5.74, 6) is -0.959. The Morgan fingerprint density at radius 3 is 2.93 bits per heavy atom. The third-order valence-corrected chi connectivity index (χ3v) is 2.66. The number of carboxylic acid groups (broad SMARTS) is 1. The average Bonchev–Trinajstić information content (AvgIpc) is 2.60. The van der Waals surface area contributed by atoms with Crippen molar-refractivity contribution < 1.29 is 9.90 Å². The van der Waals surface area contributed by atoms with Gasteiger partial charge in [0.15, 0.2) is 0 Å². The van der Waals surface area contributed by atoms with Gasteiger partial charge in [-0.15, -0.1) is 11.3 Å². The molecular formula is C9H15N3O2S. The lowest BCUT2D eigenvalue weighted by Gasteiger charge is -2.09. The number of aromatic carboxylic acids is 1. The van der Waals surface area contributed by atoms with E-state index in [0.717, 1.165) is 30.1 Å². The Balaban J connectivity index is 2.29. The van der Waals surface area contributed by atoms with Gasteiger partial charge in [-0.25, -0.2) is 9.78 Å². The van der Waals surface area contributed by atoms with Crippen LogP contribution in [0.3, 0.4) is 0 Å². The maximum Gasteiger partial charge on any atom is 0.365 e. The van der Waals surface area contributed by atoms with Crippen LogP contribution in [0.1, 0.15) is 15.5 Å². The third kappa shape index (κ3) is 4.37. The van der Waals surface area contributed by atoms with Crippen molar-refractivity contribution in [3.05, 3.63) is 16.1 Å². The van der Waals surface area contributed by atoms with Crippen molar-refractivity contribution in [1.82, 2.24) is 15.2 Å². The smallest absolute Gasteiger partial charge is 0.365 e. The second kappa shape index (κ2) is 5.79. The van der Waals surface area contributed by atoms with Gasteiger partial charge in [-0.05, 0) is 14.1 Å².